The van der Waals surface area contributed by atoms with Crippen molar-refractivity contribution < 1.29 is 4.74 Å². The number of aromatic nitrogens is 4. The average Bonchev–Trinajstić information content (AvgIpc) is 3.01. The third-order valence-electron chi connectivity index (χ3n) is 4.84. The van der Waals surface area contributed by atoms with E-state index in [1.54, 1.807) is 7.11 Å². The Bertz CT molecular complexity index is 871. The highest BCUT2D eigenvalue weighted by Gasteiger charge is 2.28. The number of hydrogen-bond acceptors (Lipinski definition) is 5. The summed E-state index contributed by atoms with van der Waals surface area (Å²) < 4.78 is 7.52. The number of ether oxygens (including phenoxy) is 1. The Labute approximate surface area is 153 Å². The first-order chi connectivity index (χ1) is 12.7. The molecule has 0 bridgehead atoms. The molecule has 134 valence electrons. The van der Waals surface area contributed by atoms with Gasteiger partial charge in [0.25, 0.3) is 0 Å². The van der Waals surface area contributed by atoms with E-state index in [4.69, 9.17) is 4.74 Å². The second-order valence-electron chi connectivity index (χ2n) is 6.80. The second kappa shape index (κ2) is 7.25. The van der Waals surface area contributed by atoms with Crippen molar-refractivity contribution in [1.82, 2.24) is 24.4 Å². The van der Waals surface area contributed by atoms with Crippen LogP contribution in [0.2, 0.25) is 0 Å². The highest BCUT2D eigenvalue weighted by molar-refractivity contribution is 5.55. The maximum atomic E-state index is 5.20. The molecule has 4 rings (SSSR count). The van der Waals surface area contributed by atoms with Gasteiger partial charge in [-0.2, -0.15) is 0 Å². The first kappa shape index (κ1) is 16.7. The fourth-order valence-corrected chi connectivity index (χ4v) is 3.49. The van der Waals surface area contributed by atoms with Gasteiger partial charge < -0.3 is 9.30 Å². The predicted molar refractivity (Wildman–Crippen MR) is 99.8 cm³/mol. The Morgan fingerprint density at radius 2 is 1.96 bits per heavy atom. The lowest BCUT2D eigenvalue weighted by Gasteiger charge is -2.39. The fourth-order valence-electron chi connectivity index (χ4n) is 3.49. The van der Waals surface area contributed by atoms with E-state index in [1.165, 1.54) is 5.69 Å². The van der Waals surface area contributed by atoms with Gasteiger partial charge in [-0.3, -0.25) is 9.88 Å². The van der Waals surface area contributed by atoms with Crippen LogP contribution in [0.3, 0.4) is 0 Å². The van der Waals surface area contributed by atoms with Crippen LogP contribution in [-0.4, -0.2) is 44.6 Å². The van der Waals surface area contributed by atoms with Crippen molar-refractivity contribution >= 4 is 0 Å². The van der Waals surface area contributed by atoms with Gasteiger partial charge in [-0.1, -0.05) is 6.07 Å². The first-order valence-corrected chi connectivity index (χ1v) is 8.87. The van der Waals surface area contributed by atoms with E-state index < -0.39 is 0 Å². The van der Waals surface area contributed by atoms with Gasteiger partial charge in [0.1, 0.15) is 5.82 Å². The molecule has 0 atom stereocenters. The van der Waals surface area contributed by atoms with Gasteiger partial charge in [0, 0.05) is 68.0 Å². The van der Waals surface area contributed by atoms with Crippen LogP contribution in [0.5, 0.6) is 5.88 Å². The smallest absolute Gasteiger partial charge is 0.213 e. The number of hydrogen-bond donors (Lipinski definition) is 0. The molecule has 0 N–H and O–H groups in total. The van der Waals surface area contributed by atoms with E-state index in [0.29, 0.717) is 11.8 Å². The Kier molecular flexibility index (Phi) is 4.67. The van der Waals surface area contributed by atoms with Crippen LogP contribution in [-0.2, 0) is 13.1 Å². The molecule has 1 saturated heterocycles. The van der Waals surface area contributed by atoms with Gasteiger partial charge in [-0.15, -0.1) is 0 Å². The van der Waals surface area contributed by atoms with E-state index in [0.717, 1.165) is 43.3 Å². The summed E-state index contributed by atoms with van der Waals surface area (Å²) >= 11 is 0. The van der Waals surface area contributed by atoms with E-state index in [2.05, 4.69) is 37.4 Å². The predicted octanol–water partition coefficient (Wildman–Crippen LogP) is 2.79. The summed E-state index contributed by atoms with van der Waals surface area (Å²) in [7, 11) is 1.65. The van der Waals surface area contributed by atoms with Gasteiger partial charge in [0.2, 0.25) is 5.88 Å². The number of aryl methyl sites for hydroxylation is 1. The van der Waals surface area contributed by atoms with Crippen LogP contribution in [0, 0.1) is 12.8 Å². The zero-order valence-corrected chi connectivity index (χ0v) is 15.2. The van der Waals surface area contributed by atoms with Crippen LogP contribution < -0.4 is 4.74 Å². The first-order valence-electron chi connectivity index (χ1n) is 8.87. The lowest BCUT2D eigenvalue weighted by Crippen LogP contribution is -2.47. The highest BCUT2D eigenvalue weighted by Crippen LogP contribution is 2.25. The van der Waals surface area contributed by atoms with Crippen molar-refractivity contribution in [3.8, 4) is 17.3 Å². The Morgan fingerprint density at radius 3 is 2.73 bits per heavy atom. The van der Waals surface area contributed by atoms with Crippen molar-refractivity contribution in [3.63, 3.8) is 0 Å². The van der Waals surface area contributed by atoms with Crippen LogP contribution in [0.25, 0.3) is 11.4 Å². The second-order valence-corrected chi connectivity index (χ2v) is 6.80. The summed E-state index contributed by atoms with van der Waals surface area (Å²) in [5.41, 5.74) is 3.37. The summed E-state index contributed by atoms with van der Waals surface area (Å²) in [6, 6.07) is 9.95. The van der Waals surface area contributed by atoms with Crippen molar-refractivity contribution in [2.45, 2.75) is 20.0 Å². The molecule has 6 heteroatoms. The Morgan fingerprint density at radius 1 is 1.15 bits per heavy atom. The topological polar surface area (TPSA) is 56.1 Å². The van der Waals surface area contributed by atoms with E-state index in [1.807, 2.05) is 42.9 Å². The molecule has 1 aliphatic heterocycles. The third kappa shape index (κ3) is 3.46. The summed E-state index contributed by atoms with van der Waals surface area (Å²) in [5, 5.41) is 0. The van der Waals surface area contributed by atoms with Crippen LogP contribution in [0.4, 0.5) is 0 Å². The minimum atomic E-state index is 0.633. The molecule has 0 aliphatic carbocycles. The number of imidazole rings is 1. The molecule has 3 aromatic rings. The largest absolute Gasteiger partial charge is 0.481 e. The van der Waals surface area contributed by atoms with Gasteiger partial charge in [-0.25, -0.2) is 9.97 Å². The molecule has 1 fully saturated rings. The third-order valence-corrected chi connectivity index (χ3v) is 4.84. The molecule has 0 spiro atoms. The standard InChI is InChI=1S/C20H23N5O/c1-15-10-22-20(17-6-8-21-9-7-17)25(15)13-16-11-24(12-16)14-18-4-3-5-19(23-18)26-2/h3-10,16H,11-14H2,1-2H3. The molecule has 0 unspecified atom stereocenters. The van der Waals surface area contributed by atoms with Crippen LogP contribution in [0.15, 0.2) is 48.9 Å². The normalized spacial score (nSPS) is 15.0. The van der Waals surface area contributed by atoms with Crippen molar-refractivity contribution in [3.05, 3.63) is 60.3 Å². The molecule has 4 heterocycles. The number of methoxy groups -OCH3 is 1. The summed E-state index contributed by atoms with van der Waals surface area (Å²) in [6.45, 7) is 6.13. The number of nitrogens with zero attached hydrogens (tertiary/aromatic N) is 5. The maximum Gasteiger partial charge on any atom is 0.213 e. The molecule has 26 heavy (non-hydrogen) atoms. The average molecular weight is 349 g/mol. The fraction of sp³-hybridized carbons (Fsp3) is 0.350. The van der Waals surface area contributed by atoms with Crippen LogP contribution in [0.1, 0.15) is 11.4 Å². The van der Waals surface area contributed by atoms with Gasteiger partial charge in [0.15, 0.2) is 0 Å². The zero-order valence-electron chi connectivity index (χ0n) is 15.2. The Balaban J connectivity index is 1.38. The molecule has 0 radical (unpaired) electrons. The molecule has 3 aromatic heterocycles. The quantitative estimate of drug-likeness (QED) is 0.685. The molecule has 1 aliphatic rings. The van der Waals surface area contributed by atoms with Crippen molar-refractivity contribution in [2.24, 2.45) is 5.92 Å². The minimum Gasteiger partial charge on any atom is -0.481 e. The molecular formula is C20H23N5O. The SMILES string of the molecule is COc1cccc(CN2CC(Cn3c(C)cnc3-c3ccncc3)C2)n1. The van der Waals surface area contributed by atoms with E-state index in [9.17, 15) is 0 Å². The van der Waals surface area contributed by atoms with Crippen LogP contribution >= 0.6 is 0 Å². The van der Waals surface area contributed by atoms with Gasteiger partial charge in [0.05, 0.1) is 12.8 Å². The Hall–Kier alpha value is -2.73. The molecule has 0 saturated carbocycles. The molecule has 0 aromatic carbocycles. The van der Waals surface area contributed by atoms with Crippen molar-refractivity contribution in [2.75, 3.05) is 20.2 Å². The highest BCUT2D eigenvalue weighted by atomic mass is 16.5. The van der Waals surface area contributed by atoms with Gasteiger partial charge >= 0.3 is 0 Å². The molecule has 0 amide bonds. The number of likely N-dealkylation sites (tertiary alicyclic amines) is 1. The number of rotatable bonds is 6. The summed E-state index contributed by atoms with van der Waals surface area (Å²) in [5.74, 6) is 2.34. The lowest BCUT2D eigenvalue weighted by atomic mass is 9.99. The minimum absolute atomic E-state index is 0.633. The van der Waals surface area contributed by atoms with Gasteiger partial charge in [-0.05, 0) is 25.1 Å². The lowest BCUT2D eigenvalue weighted by molar-refractivity contribution is 0.0788. The van der Waals surface area contributed by atoms with E-state index in [-0.39, 0.29) is 0 Å². The zero-order chi connectivity index (χ0) is 17.9. The van der Waals surface area contributed by atoms with Crippen molar-refractivity contribution in [1.29, 1.82) is 0 Å². The monoisotopic (exact) mass is 349 g/mol. The summed E-state index contributed by atoms with van der Waals surface area (Å²) in [4.78, 5) is 15.6. The molecular weight excluding hydrogens is 326 g/mol. The van der Waals surface area contributed by atoms with E-state index >= 15 is 0 Å². The number of pyridine rings is 2. The molecule has 6 nitrogen and oxygen atoms in total. The summed E-state index contributed by atoms with van der Waals surface area (Å²) in [6.07, 6.45) is 5.58. The maximum absolute atomic E-state index is 5.20.